The van der Waals surface area contributed by atoms with Crippen LogP contribution in [0.2, 0.25) is 0 Å². The molecule has 1 atom stereocenters. The third-order valence-electron chi connectivity index (χ3n) is 4.05. The van der Waals surface area contributed by atoms with Crippen LogP contribution in [0.1, 0.15) is 51.4 Å². The van der Waals surface area contributed by atoms with Gasteiger partial charge in [-0.25, -0.2) is 0 Å². The van der Waals surface area contributed by atoms with E-state index in [1.54, 1.807) is 0 Å². The van der Waals surface area contributed by atoms with Gasteiger partial charge in [0.2, 0.25) is 0 Å². The lowest BCUT2D eigenvalue weighted by Crippen LogP contribution is -2.24. The molecule has 0 spiro atoms. The Kier molecular flexibility index (Phi) is 5.46. The van der Waals surface area contributed by atoms with E-state index < -0.39 is 0 Å². The molecule has 0 aromatic rings. The lowest BCUT2D eigenvalue weighted by atomic mass is 9.81. The molecule has 0 aromatic carbocycles. The van der Waals surface area contributed by atoms with Gasteiger partial charge in [-0.15, -0.1) is 0 Å². The number of hydrogen-bond acceptors (Lipinski definition) is 3. The highest BCUT2D eigenvalue weighted by atomic mass is 16.7. The zero-order valence-electron chi connectivity index (χ0n) is 10.6. The van der Waals surface area contributed by atoms with Crippen molar-refractivity contribution < 1.29 is 14.3 Å². The molecular weight excluding hydrogens is 216 g/mol. The number of carbonyl (C=O) groups excluding carboxylic acids is 1. The van der Waals surface area contributed by atoms with E-state index in [1.165, 1.54) is 25.7 Å². The van der Waals surface area contributed by atoms with E-state index in [-0.39, 0.29) is 6.29 Å². The van der Waals surface area contributed by atoms with E-state index in [2.05, 4.69) is 0 Å². The number of carbonyl (C=O) groups is 1. The second-order valence-electron chi connectivity index (χ2n) is 5.37. The largest absolute Gasteiger partial charge is 0.353 e. The molecule has 1 saturated heterocycles. The summed E-state index contributed by atoms with van der Waals surface area (Å²) >= 11 is 0. The van der Waals surface area contributed by atoms with Crippen LogP contribution in [0.15, 0.2) is 0 Å². The zero-order chi connectivity index (χ0) is 11.9. The van der Waals surface area contributed by atoms with Gasteiger partial charge in [-0.05, 0) is 57.3 Å². The van der Waals surface area contributed by atoms with Crippen LogP contribution in [-0.4, -0.2) is 25.8 Å². The van der Waals surface area contributed by atoms with Crippen LogP contribution in [0, 0.1) is 11.8 Å². The van der Waals surface area contributed by atoms with Crippen LogP contribution >= 0.6 is 0 Å². The minimum absolute atomic E-state index is 0.0510. The molecule has 1 unspecified atom stereocenters. The van der Waals surface area contributed by atoms with Crippen LogP contribution in [0.25, 0.3) is 0 Å². The Morgan fingerprint density at radius 3 is 2.59 bits per heavy atom. The van der Waals surface area contributed by atoms with E-state index in [0.29, 0.717) is 5.92 Å². The van der Waals surface area contributed by atoms with Crippen molar-refractivity contribution in [3.8, 4) is 0 Å². The van der Waals surface area contributed by atoms with E-state index in [0.717, 1.165) is 51.1 Å². The van der Waals surface area contributed by atoms with Gasteiger partial charge < -0.3 is 14.3 Å². The summed E-state index contributed by atoms with van der Waals surface area (Å²) in [5.41, 5.74) is 0. The van der Waals surface area contributed by atoms with Crippen LogP contribution in [-0.2, 0) is 14.3 Å². The van der Waals surface area contributed by atoms with Gasteiger partial charge >= 0.3 is 0 Å². The lowest BCUT2D eigenvalue weighted by molar-refractivity contribution is -0.164. The first-order chi connectivity index (χ1) is 8.38. The fraction of sp³-hybridized carbons (Fsp3) is 0.929. The summed E-state index contributed by atoms with van der Waals surface area (Å²) < 4.78 is 11.3. The molecule has 0 amide bonds. The third kappa shape index (κ3) is 4.40. The van der Waals surface area contributed by atoms with Gasteiger partial charge in [0.15, 0.2) is 6.29 Å². The molecule has 98 valence electrons. The first kappa shape index (κ1) is 13.0. The molecule has 1 saturated carbocycles. The van der Waals surface area contributed by atoms with Gasteiger partial charge in [0.1, 0.15) is 6.29 Å². The molecule has 2 fully saturated rings. The Labute approximate surface area is 104 Å². The Hall–Kier alpha value is -0.410. The van der Waals surface area contributed by atoms with Gasteiger partial charge in [0, 0.05) is 19.1 Å². The van der Waals surface area contributed by atoms with Crippen molar-refractivity contribution in [3.63, 3.8) is 0 Å². The topological polar surface area (TPSA) is 35.5 Å². The van der Waals surface area contributed by atoms with Crippen LogP contribution < -0.4 is 0 Å². The highest BCUT2D eigenvalue weighted by Gasteiger charge is 2.21. The first-order valence-electron chi connectivity index (χ1n) is 7.07. The fourth-order valence-corrected chi connectivity index (χ4v) is 2.82. The molecule has 1 aliphatic carbocycles. The monoisotopic (exact) mass is 240 g/mol. The summed E-state index contributed by atoms with van der Waals surface area (Å²) in [4.78, 5) is 10.6. The van der Waals surface area contributed by atoms with Crippen molar-refractivity contribution in [1.82, 2.24) is 0 Å². The van der Waals surface area contributed by atoms with Crippen molar-refractivity contribution in [3.05, 3.63) is 0 Å². The molecule has 0 bridgehead atoms. The van der Waals surface area contributed by atoms with Gasteiger partial charge in [-0.1, -0.05) is 0 Å². The van der Waals surface area contributed by atoms with Crippen molar-refractivity contribution in [2.75, 3.05) is 13.2 Å². The van der Waals surface area contributed by atoms with Crippen LogP contribution in [0.3, 0.4) is 0 Å². The molecule has 0 aromatic heterocycles. The summed E-state index contributed by atoms with van der Waals surface area (Å²) in [6.45, 7) is 1.68. The predicted molar refractivity (Wildman–Crippen MR) is 65.7 cm³/mol. The maximum Gasteiger partial charge on any atom is 0.157 e. The minimum atomic E-state index is 0.0510. The van der Waals surface area contributed by atoms with E-state index in [1.807, 2.05) is 0 Å². The normalized spacial score (nSPS) is 34.5. The van der Waals surface area contributed by atoms with Crippen LogP contribution in [0.4, 0.5) is 0 Å². The summed E-state index contributed by atoms with van der Waals surface area (Å²) in [6, 6.07) is 0. The minimum Gasteiger partial charge on any atom is -0.353 e. The Morgan fingerprint density at radius 2 is 1.94 bits per heavy atom. The van der Waals surface area contributed by atoms with Gasteiger partial charge in [0.25, 0.3) is 0 Å². The van der Waals surface area contributed by atoms with E-state index in [9.17, 15) is 4.79 Å². The molecule has 3 nitrogen and oxygen atoms in total. The second kappa shape index (κ2) is 7.12. The predicted octanol–water partition coefficient (Wildman–Crippen LogP) is 2.93. The average molecular weight is 240 g/mol. The molecule has 3 heteroatoms. The molecule has 1 heterocycles. The molecular formula is C14H24O3. The molecule has 1 aliphatic heterocycles. The van der Waals surface area contributed by atoms with E-state index >= 15 is 0 Å². The van der Waals surface area contributed by atoms with Crippen molar-refractivity contribution in [1.29, 1.82) is 0 Å². The third-order valence-corrected chi connectivity index (χ3v) is 4.05. The van der Waals surface area contributed by atoms with Crippen molar-refractivity contribution in [2.24, 2.45) is 11.8 Å². The van der Waals surface area contributed by atoms with Crippen molar-refractivity contribution in [2.45, 2.75) is 57.7 Å². The summed E-state index contributed by atoms with van der Waals surface area (Å²) in [7, 11) is 0. The Bertz CT molecular complexity index is 216. The number of aldehydes is 1. The molecule has 17 heavy (non-hydrogen) atoms. The number of ether oxygens (including phenoxy) is 2. The average Bonchev–Trinajstić information content (AvgIpc) is 2.41. The highest BCUT2D eigenvalue weighted by Crippen LogP contribution is 2.29. The highest BCUT2D eigenvalue weighted by molar-refractivity contribution is 5.53. The zero-order valence-corrected chi connectivity index (χ0v) is 10.6. The smallest absolute Gasteiger partial charge is 0.157 e. The maximum absolute atomic E-state index is 10.6. The quantitative estimate of drug-likeness (QED) is 0.693. The number of hydrogen-bond donors (Lipinski definition) is 0. The molecule has 2 aliphatic rings. The Morgan fingerprint density at radius 1 is 1.12 bits per heavy atom. The standard InChI is InChI=1S/C14H24O3/c15-11-13-6-4-12(5-7-13)8-10-17-14-3-1-2-9-16-14/h11-14H,1-10H2/t12-,13-,14?. The molecule has 2 rings (SSSR count). The summed E-state index contributed by atoms with van der Waals surface area (Å²) in [5.74, 6) is 1.09. The fourth-order valence-electron chi connectivity index (χ4n) is 2.82. The molecule has 0 radical (unpaired) electrons. The van der Waals surface area contributed by atoms with Crippen molar-refractivity contribution >= 4 is 6.29 Å². The second-order valence-corrected chi connectivity index (χ2v) is 5.37. The van der Waals surface area contributed by atoms with E-state index in [4.69, 9.17) is 9.47 Å². The Balaban J connectivity index is 1.54. The maximum atomic E-state index is 10.6. The summed E-state index contributed by atoms with van der Waals surface area (Å²) in [5, 5.41) is 0. The first-order valence-corrected chi connectivity index (χ1v) is 7.07. The number of rotatable bonds is 5. The SMILES string of the molecule is O=C[C@H]1CC[C@H](CCOC2CCCCO2)CC1. The van der Waals surface area contributed by atoms with Gasteiger partial charge in [0.05, 0.1) is 0 Å². The van der Waals surface area contributed by atoms with Gasteiger partial charge in [-0.2, -0.15) is 0 Å². The van der Waals surface area contributed by atoms with Gasteiger partial charge in [-0.3, -0.25) is 0 Å². The van der Waals surface area contributed by atoms with Crippen LogP contribution in [0.5, 0.6) is 0 Å². The summed E-state index contributed by atoms with van der Waals surface area (Å²) in [6.07, 6.45) is 10.3. The molecule has 0 N–H and O–H groups in total. The lowest BCUT2D eigenvalue weighted by Gasteiger charge is -2.27.